The number of hydrogen-bond acceptors (Lipinski definition) is 3. The van der Waals surface area contributed by atoms with Crippen molar-refractivity contribution in [2.75, 3.05) is 5.73 Å². The summed E-state index contributed by atoms with van der Waals surface area (Å²) >= 11 is 0. The van der Waals surface area contributed by atoms with Crippen LogP contribution in [0.25, 0.3) is 11.3 Å². The zero-order chi connectivity index (χ0) is 12.6. The van der Waals surface area contributed by atoms with Crippen molar-refractivity contribution < 1.29 is 4.39 Å². The van der Waals surface area contributed by atoms with Crippen molar-refractivity contribution in [3.63, 3.8) is 0 Å². The van der Waals surface area contributed by atoms with E-state index in [2.05, 4.69) is 10.2 Å². The van der Waals surface area contributed by atoms with Crippen LogP contribution in [0.2, 0.25) is 0 Å². The van der Waals surface area contributed by atoms with Gasteiger partial charge in [-0.1, -0.05) is 12.1 Å². The Labute approximate surface area is 99.5 Å². The number of benzene rings is 1. The van der Waals surface area contributed by atoms with Crippen molar-refractivity contribution in [2.45, 2.75) is 20.8 Å². The van der Waals surface area contributed by atoms with Crippen molar-refractivity contribution in [3.8, 4) is 11.3 Å². The summed E-state index contributed by atoms with van der Waals surface area (Å²) in [5, 5.41) is 7.91. The van der Waals surface area contributed by atoms with Gasteiger partial charge in [-0.3, -0.25) is 0 Å². The summed E-state index contributed by atoms with van der Waals surface area (Å²) in [4.78, 5) is 0. The fourth-order valence-electron chi connectivity index (χ4n) is 1.64. The van der Waals surface area contributed by atoms with Crippen molar-refractivity contribution >= 4 is 5.82 Å². The molecule has 0 atom stereocenters. The van der Waals surface area contributed by atoms with Crippen molar-refractivity contribution in [3.05, 3.63) is 40.7 Å². The molecule has 2 rings (SSSR count). The van der Waals surface area contributed by atoms with Gasteiger partial charge in [0.15, 0.2) is 0 Å². The zero-order valence-corrected chi connectivity index (χ0v) is 10.1. The molecule has 0 aliphatic heterocycles. The standard InChI is InChI=1S/C13H14FN3/c1-7-4-5-10(6-11(7)14)12-8(2)9(3)13(15)17-16-12/h4-6H,1-3H3,(H2,15,17). The fraction of sp³-hybridized carbons (Fsp3) is 0.231. The number of nitrogens with zero attached hydrogens (tertiary/aromatic N) is 2. The van der Waals surface area contributed by atoms with Crippen LogP contribution in [0, 0.1) is 26.6 Å². The van der Waals surface area contributed by atoms with E-state index in [0.29, 0.717) is 17.1 Å². The molecule has 88 valence electrons. The molecule has 2 aromatic rings. The minimum Gasteiger partial charge on any atom is -0.382 e. The minimum absolute atomic E-state index is 0.238. The maximum absolute atomic E-state index is 13.5. The van der Waals surface area contributed by atoms with Gasteiger partial charge in [0.25, 0.3) is 0 Å². The lowest BCUT2D eigenvalue weighted by Gasteiger charge is -2.09. The van der Waals surface area contributed by atoms with Crippen LogP contribution in [0.3, 0.4) is 0 Å². The Morgan fingerprint density at radius 3 is 2.41 bits per heavy atom. The molecule has 0 aliphatic carbocycles. The van der Waals surface area contributed by atoms with E-state index < -0.39 is 0 Å². The molecule has 17 heavy (non-hydrogen) atoms. The van der Waals surface area contributed by atoms with Gasteiger partial charge in [-0.25, -0.2) is 4.39 Å². The Kier molecular flexibility index (Phi) is 2.79. The fourth-order valence-corrected chi connectivity index (χ4v) is 1.64. The van der Waals surface area contributed by atoms with Crippen LogP contribution in [0.5, 0.6) is 0 Å². The number of rotatable bonds is 1. The van der Waals surface area contributed by atoms with Gasteiger partial charge in [0.2, 0.25) is 0 Å². The van der Waals surface area contributed by atoms with E-state index in [1.54, 1.807) is 13.0 Å². The molecule has 2 N–H and O–H groups in total. The Morgan fingerprint density at radius 2 is 1.76 bits per heavy atom. The molecule has 0 radical (unpaired) electrons. The number of aromatic nitrogens is 2. The summed E-state index contributed by atoms with van der Waals surface area (Å²) < 4.78 is 13.5. The lowest BCUT2D eigenvalue weighted by atomic mass is 10.0. The maximum Gasteiger partial charge on any atom is 0.149 e. The van der Waals surface area contributed by atoms with E-state index in [0.717, 1.165) is 16.7 Å². The highest BCUT2D eigenvalue weighted by molar-refractivity contribution is 5.66. The third kappa shape index (κ3) is 1.98. The normalized spacial score (nSPS) is 10.6. The molecule has 0 unspecified atom stereocenters. The monoisotopic (exact) mass is 231 g/mol. The van der Waals surface area contributed by atoms with Crippen LogP contribution in [0.4, 0.5) is 10.2 Å². The Balaban J connectivity index is 2.61. The summed E-state index contributed by atoms with van der Waals surface area (Å²) in [6.07, 6.45) is 0. The molecule has 0 saturated heterocycles. The molecule has 0 aliphatic rings. The highest BCUT2D eigenvalue weighted by Crippen LogP contribution is 2.25. The second-order valence-corrected chi connectivity index (χ2v) is 4.15. The molecule has 0 bridgehead atoms. The number of hydrogen-bond donors (Lipinski definition) is 1. The van der Waals surface area contributed by atoms with Crippen molar-refractivity contribution in [2.24, 2.45) is 0 Å². The van der Waals surface area contributed by atoms with Crippen LogP contribution < -0.4 is 5.73 Å². The van der Waals surface area contributed by atoms with E-state index in [9.17, 15) is 4.39 Å². The van der Waals surface area contributed by atoms with Crippen molar-refractivity contribution in [1.29, 1.82) is 0 Å². The van der Waals surface area contributed by atoms with Gasteiger partial charge >= 0.3 is 0 Å². The summed E-state index contributed by atoms with van der Waals surface area (Å²) in [5.74, 6) is 0.178. The number of nitrogen functional groups attached to an aromatic ring is 1. The largest absolute Gasteiger partial charge is 0.382 e. The Morgan fingerprint density at radius 1 is 1.06 bits per heavy atom. The van der Waals surface area contributed by atoms with Crippen molar-refractivity contribution in [1.82, 2.24) is 10.2 Å². The van der Waals surface area contributed by atoms with E-state index in [1.165, 1.54) is 6.07 Å². The highest BCUT2D eigenvalue weighted by atomic mass is 19.1. The van der Waals surface area contributed by atoms with E-state index in [-0.39, 0.29) is 5.82 Å². The predicted molar refractivity (Wildman–Crippen MR) is 66.0 cm³/mol. The van der Waals surface area contributed by atoms with Gasteiger partial charge in [-0.15, -0.1) is 10.2 Å². The molecule has 1 heterocycles. The smallest absolute Gasteiger partial charge is 0.149 e. The van der Waals surface area contributed by atoms with Gasteiger partial charge in [0.05, 0.1) is 5.69 Å². The van der Waals surface area contributed by atoms with Gasteiger partial charge in [0, 0.05) is 5.56 Å². The molecule has 4 heteroatoms. The first-order chi connectivity index (χ1) is 8.00. The molecular weight excluding hydrogens is 217 g/mol. The summed E-state index contributed by atoms with van der Waals surface area (Å²) in [7, 11) is 0. The van der Waals surface area contributed by atoms with Crippen LogP contribution in [-0.2, 0) is 0 Å². The average Bonchev–Trinajstić information content (AvgIpc) is 2.30. The first-order valence-electron chi connectivity index (χ1n) is 5.36. The third-order valence-corrected chi connectivity index (χ3v) is 3.00. The molecule has 0 spiro atoms. The summed E-state index contributed by atoms with van der Waals surface area (Å²) in [6.45, 7) is 5.52. The van der Waals surface area contributed by atoms with Crippen LogP contribution in [0.1, 0.15) is 16.7 Å². The topological polar surface area (TPSA) is 51.8 Å². The van der Waals surface area contributed by atoms with Gasteiger partial charge in [-0.2, -0.15) is 0 Å². The summed E-state index contributed by atoms with van der Waals surface area (Å²) in [6, 6.07) is 5.05. The van der Waals surface area contributed by atoms with Gasteiger partial charge < -0.3 is 5.73 Å². The first-order valence-corrected chi connectivity index (χ1v) is 5.36. The van der Waals surface area contributed by atoms with E-state index in [1.807, 2.05) is 19.9 Å². The van der Waals surface area contributed by atoms with E-state index in [4.69, 9.17) is 5.73 Å². The van der Waals surface area contributed by atoms with Crippen LogP contribution >= 0.6 is 0 Å². The predicted octanol–water partition coefficient (Wildman–Crippen LogP) is 2.79. The number of nitrogens with two attached hydrogens (primary N) is 1. The first kappa shape index (κ1) is 11.5. The average molecular weight is 231 g/mol. The number of anilines is 1. The zero-order valence-electron chi connectivity index (χ0n) is 10.1. The molecule has 3 nitrogen and oxygen atoms in total. The molecule has 0 amide bonds. The highest BCUT2D eigenvalue weighted by Gasteiger charge is 2.10. The minimum atomic E-state index is -0.238. The quantitative estimate of drug-likeness (QED) is 0.821. The number of halogens is 1. The van der Waals surface area contributed by atoms with Crippen LogP contribution in [0.15, 0.2) is 18.2 Å². The third-order valence-electron chi connectivity index (χ3n) is 3.00. The lowest BCUT2D eigenvalue weighted by molar-refractivity contribution is 0.619. The molecule has 0 fully saturated rings. The maximum atomic E-state index is 13.5. The van der Waals surface area contributed by atoms with Crippen LogP contribution in [-0.4, -0.2) is 10.2 Å². The van der Waals surface area contributed by atoms with E-state index >= 15 is 0 Å². The second-order valence-electron chi connectivity index (χ2n) is 4.15. The SMILES string of the molecule is Cc1ccc(-c2nnc(N)c(C)c2C)cc1F. The number of aryl methyl sites for hydroxylation is 1. The second kappa shape index (κ2) is 4.13. The molecule has 0 saturated carbocycles. The Hall–Kier alpha value is -1.97. The molecular formula is C13H14FN3. The lowest BCUT2D eigenvalue weighted by Crippen LogP contribution is -2.02. The van der Waals surface area contributed by atoms with Gasteiger partial charge in [0.1, 0.15) is 11.6 Å². The van der Waals surface area contributed by atoms with Gasteiger partial charge in [-0.05, 0) is 43.5 Å². The molecule has 1 aromatic heterocycles. The summed E-state index contributed by atoms with van der Waals surface area (Å²) in [5.41, 5.74) is 9.51. The Bertz CT molecular complexity index is 579. The molecule has 1 aromatic carbocycles.